The van der Waals surface area contributed by atoms with Crippen LogP contribution in [0.5, 0.6) is 0 Å². The number of aromatic amines is 1. The van der Waals surface area contributed by atoms with E-state index >= 15 is 0 Å². The Morgan fingerprint density at radius 2 is 1.85 bits per heavy atom. The minimum atomic E-state index is -3.64. The molecule has 1 aliphatic heterocycles. The van der Waals surface area contributed by atoms with E-state index < -0.39 is 15.6 Å². The molecule has 1 atom stereocenters. The van der Waals surface area contributed by atoms with Crippen molar-refractivity contribution in [1.29, 1.82) is 0 Å². The summed E-state index contributed by atoms with van der Waals surface area (Å²) in [7, 11) is -3.64. The zero-order chi connectivity index (χ0) is 23.0. The fourth-order valence-electron chi connectivity index (χ4n) is 4.07. The number of hydrogen-bond donors (Lipinski definition) is 1. The van der Waals surface area contributed by atoms with Crippen LogP contribution in [0, 0.1) is 5.82 Å². The van der Waals surface area contributed by atoms with Crippen molar-refractivity contribution in [3.8, 4) is 0 Å². The number of aromatic nitrogens is 5. The van der Waals surface area contributed by atoms with E-state index in [0.29, 0.717) is 30.9 Å². The number of piperidine rings is 1. The highest BCUT2D eigenvalue weighted by Gasteiger charge is 2.32. The van der Waals surface area contributed by atoms with Gasteiger partial charge in [-0.2, -0.15) is 4.31 Å². The Hall–Kier alpha value is -3.44. The number of hydrogen-bond acceptors (Lipinski definition) is 6. The Bertz CT molecular complexity index is 1450. The summed E-state index contributed by atoms with van der Waals surface area (Å²) < 4.78 is 42.3. The highest BCUT2D eigenvalue weighted by molar-refractivity contribution is 7.89. The largest absolute Gasteiger partial charge is 0.308 e. The molecule has 0 radical (unpaired) electrons. The van der Waals surface area contributed by atoms with Gasteiger partial charge in [-0.05, 0) is 42.7 Å². The van der Waals surface area contributed by atoms with Gasteiger partial charge in [-0.3, -0.25) is 4.79 Å². The Balaban J connectivity index is 1.45. The SMILES string of the molecule is O=c1[nH]c(C2CCCN(S(=O)(=O)c3ccccc3)C2)nc2c1nnn2Cc1ccc(F)cc1. The lowest BCUT2D eigenvalue weighted by atomic mass is 9.99. The molecule has 0 spiro atoms. The van der Waals surface area contributed by atoms with Crippen LogP contribution in [0.4, 0.5) is 4.39 Å². The summed E-state index contributed by atoms with van der Waals surface area (Å²) in [6.07, 6.45) is 1.33. The highest BCUT2D eigenvalue weighted by Crippen LogP contribution is 2.28. The summed E-state index contributed by atoms with van der Waals surface area (Å²) in [6, 6.07) is 14.3. The van der Waals surface area contributed by atoms with E-state index in [1.807, 2.05) is 0 Å². The first-order valence-electron chi connectivity index (χ1n) is 10.5. The molecule has 170 valence electrons. The first-order valence-corrected chi connectivity index (χ1v) is 12.0. The first-order chi connectivity index (χ1) is 15.9. The molecule has 3 heterocycles. The van der Waals surface area contributed by atoms with Gasteiger partial charge >= 0.3 is 0 Å². The van der Waals surface area contributed by atoms with Crippen LogP contribution < -0.4 is 5.56 Å². The van der Waals surface area contributed by atoms with E-state index in [2.05, 4.69) is 20.3 Å². The summed E-state index contributed by atoms with van der Waals surface area (Å²) >= 11 is 0. The molecular weight excluding hydrogens is 447 g/mol. The summed E-state index contributed by atoms with van der Waals surface area (Å²) in [4.78, 5) is 20.3. The zero-order valence-electron chi connectivity index (χ0n) is 17.6. The number of nitrogens with one attached hydrogen (secondary N) is 1. The fourth-order valence-corrected chi connectivity index (χ4v) is 5.62. The van der Waals surface area contributed by atoms with Crippen molar-refractivity contribution >= 4 is 21.2 Å². The Kier molecular flexibility index (Phi) is 5.51. The van der Waals surface area contributed by atoms with Crippen molar-refractivity contribution in [2.24, 2.45) is 0 Å². The molecule has 1 saturated heterocycles. The van der Waals surface area contributed by atoms with E-state index in [1.165, 1.54) is 21.1 Å². The summed E-state index contributed by atoms with van der Waals surface area (Å²) in [5.41, 5.74) is 0.763. The number of rotatable bonds is 5. The standard InChI is InChI=1S/C22H21FN6O3S/c23-17-10-8-15(9-11-17)13-29-21-19(26-27-29)22(30)25-20(24-21)16-5-4-12-28(14-16)33(31,32)18-6-2-1-3-7-18/h1-3,6-11,16H,4-5,12-14H2,(H,24,25,30). The van der Waals surface area contributed by atoms with Crippen LogP contribution in [-0.4, -0.2) is 50.8 Å². The predicted octanol–water partition coefficient (Wildman–Crippen LogP) is 2.27. The fraction of sp³-hybridized carbons (Fsp3) is 0.273. The third-order valence-electron chi connectivity index (χ3n) is 5.79. The summed E-state index contributed by atoms with van der Waals surface area (Å²) in [5, 5.41) is 7.98. The number of benzene rings is 2. The summed E-state index contributed by atoms with van der Waals surface area (Å²) in [6.45, 7) is 0.890. The second-order valence-corrected chi connectivity index (χ2v) is 9.95. The van der Waals surface area contributed by atoms with Gasteiger partial charge in [-0.1, -0.05) is 35.5 Å². The van der Waals surface area contributed by atoms with Crippen LogP contribution in [0.15, 0.2) is 64.3 Å². The molecule has 0 saturated carbocycles. The third kappa shape index (κ3) is 4.16. The molecule has 9 nitrogen and oxygen atoms in total. The van der Waals surface area contributed by atoms with Crippen LogP contribution in [-0.2, 0) is 16.6 Å². The van der Waals surface area contributed by atoms with Crippen LogP contribution in [0.1, 0.15) is 30.1 Å². The van der Waals surface area contributed by atoms with Gasteiger partial charge in [0.05, 0.1) is 11.4 Å². The second-order valence-electron chi connectivity index (χ2n) is 8.01. The maximum atomic E-state index is 13.2. The van der Waals surface area contributed by atoms with Gasteiger partial charge in [0.2, 0.25) is 10.0 Å². The van der Waals surface area contributed by atoms with Crippen LogP contribution in [0.25, 0.3) is 11.2 Å². The molecule has 1 N–H and O–H groups in total. The molecule has 11 heteroatoms. The van der Waals surface area contributed by atoms with E-state index in [1.54, 1.807) is 42.5 Å². The molecular formula is C22H21FN6O3S. The highest BCUT2D eigenvalue weighted by atomic mass is 32.2. The normalized spacial score (nSPS) is 17.4. The lowest BCUT2D eigenvalue weighted by Gasteiger charge is -2.31. The monoisotopic (exact) mass is 468 g/mol. The van der Waals surface area contributed by atoms with Crippen LogP contribution in [0.2, 0.25) is 0 Å². The van der Waals surface area contributed by atoms with Gasteiger partial charge in [0.25, 0.3) is 5.56 Å². The Morgan fingerprint density at radius 1 is 1.09 bits per heavy atom. The maximum Gasteiger partial charge on any atom is 0.281 e. The average Bonchev–Trinajstić information content (AvgIpc) is 3.24. The molecule has 2 aromatic carbocycles. The number of sulfonamides is 1. The quantitative estimate of drug-likeness (QED) is 0.481. The Morgan fingerprint density at radius 3 is 2.61 bits per heavy atom. The Labute approximate surface area is 188 Å². The first kappa shape index (κ1) is 21.4. The molecule has 4 aromatic rings. The maximum absolute atomic E-state index is 13.2. The number of halogens is 1. The zero-order valence-corrected chi connectivity index (χ0v) is 18.4. The number of nitrogens with zero attached hydrogens (tertiary/aromatic N) is 5. The van der Waals surface area contributed by atoms with E-state index in [4.69, 9.17) is 0 Å². The van der Waals surface area contributed by atoms with Crippen LogP contribution >= 0.6 is 0 Å². The number of H-pyrrole nitrogens is 1. The molecule has 2 aromatic heterocycles. The lowest BCUT2D eigenvalue weighted by Crippen LogP contribution is -2.39. The molecule has 1 aliphatic rings. The molecule has 33 heavy (non-hydrogen) atoms. The van der Waals surface area contributed by atoms with E-state index in [-0.39, 0.29) is 35.2 Å². The number of fused-ring (bicyclic) bond motifs is 1. The van der Waals surface area contributed by atoms with Crippen molar-refractivity contribution in [2.45, 2.75) is 30.2 Å². The predicted molar refractivity (Wildman–Crippen MR) is 119 cm³/mol. The second kappa shape index (κ2) is 8.49. The molecule has 1 unspecified atom stereocenters. The molecule has 0 bridgehead atoms. The van der Waals surface area contributed by atoms with Gasteiger partial charge in [-0.25, -0.2) is 22.5 Å². The minimum Gasteiger partial charge on any atom is -0.308 e. The van der Waals surface area contributed by atoms with Crippen molar-refractivity contribution in [3.05, 3.63) is 82.2 Å². The van der Waals surface area contributed by atoms with Gasteiger partial charge < -0.3 is 4.98 Å². The van der Waals surface area contributed by atoms with Gasteiger partial charge in [0.1, 0.15) is 11.6 Å². The minimum absolute atomic E-state index is 0.102. The van der Waals surface area contributed by atoms with Gasteiger partial charge in [-0.15, -0.1) is 5.10 Å². The molecule has 5 rings (SSSR count). The molecule has 0 aliphatic carbocycles. The summed E-state index contributed by atoms with van der Waals surface area (Å²) in [5.74, 6) is -0.210. The van der Waals surface area contributed by atoms with Gasteiger partial charge in [0, 0.05) is 19.0 Å². The molecule has 0 amide bonds. The van der Waals surface area contributed by atoms with Crippen molar-refractivity contribution in [1.82, 2.24) is 29.3 Å². The van der Waals surface area contributed by atoms with Crippen molar-refractivity contribution in [3.63, 3.8) is 0 Å². The molecule has 1 fully saturated rings. The topological polar surface area (TPSA) is 114 Å². The van der Waals surface area contributed by atoms with Crippen molar-refractivity contribution in [2.75, 3.05) is 13.1 Å². The smallest absolute Gasteiger partial charge is 0.281 e. The van der Waals surface area contributed by atoms with Gasteiger partial charge in [0.15, 0.2) is 11.2 Å². The lowest BCUT2D eigenvalue weighted by molar-refractivity contribution is 0.309. The third-order valence-corrected chi connectivity index (χ3v) is 7.67. The van der Waals surface area contributed by atoms with Crippen molar-refractivity contribution < 1.29 is 12.8 Å². The average molecular weight is 469 g/mol. The van der Waals surface area contributed by atoms with E-state index in [9.17, 15) is 17.6 Å². The van der Waals surface area contributed by atoms with E-state index in [0.717, 1.165) is 5.56 Å². The van der Waals surface area contributed by atoms with Crippen LogP contribution in [0.3, 0.4) is 0 Å².